The molecule has 0 saturated heterocycles. The van der Waals surface area contributed by atoms with Gasteiger partial charge in [-0.2, -0.15) is 0 Å². The van der Waals surface area contributed by atoms with Crippen LogP contribution in [0.25, 0.3) is 11.0 Å². The Kier molecular flexibility index (Phi) is 2.94. The molecule has 23 heavy (non-hydrogen) atoms. The van der Waals surface area contributed by atoms with E-state index in [1.807, 2.05) is 0 Å². The minimum atomic E-state index is -0.528. The lowest BCUT2D eigenvalue weighted by atomic mass is 9.86. The number of ether oxygens (including phenoxy) is 1. The maximum absolute atomic E-state index is 12.4. The van der Waals surface area contributed by atoms with Crippen molar-refractivity contribution in [3.05, 3.63) is 70.1 Å². The van der Waals surface area contributed by atoms with E-state index in [0.717, 1.165) is 0 Å². The molecular weight excluding hydrogens is 296 g/mol. The van der Waals surface area contributed by atoms with Gasteiger partial charge < -0.3 is 14.3 Å². The number of para-hydroxylation sites is 1. The Hall–Kier alpha value is -3.08. The molecule has 1 N–H and O–H groups in total. The highest BCUT2D eigenvalue weighted by Gasteiger charge is 2.33. The Balaban J connectivity index is 2.02. The third-order valence-corrected chi connectivity index (χ3v) is 4.01. The lowest BCUT2D eigenvalue weighted by molar-refractivity contribution is -0.135. The van der Waals surface area contributed by atoms with Gasteiger partial charge in [-0.25, -0.2) is 4.79 Å². The van der Waals surface area contributed by atoms with Crippen molar-refractivity contribution in [2.24, 2.45) is 0 Å². The zero-order chi connectivity index (χ0) is 16.0. The van der Waals surface area contributed by atoms with Gasteiger partial charge in [0.25, 0.3) is 0 Å². The number of phenolic OH excluding ortho intramolecular Hbond substituents is 1. The maximum atomic E-state index is 12.4. The predicted octanol–water partition coefficient (Wildman–Crippen LogP) is 2.94. The van der Waals surface area contributed by atoms with Crippen molar-refractivity contribution in [3.8, 4) is 11.5 Å². The number of benzene rings is 2. The summed E-state index contributed by atoms with van der Waals surface area (Å²) in [5.74, 6) is -0.588. The summed E-state index contributed by atoms with van der Waals surface area (Å²) in [7, 11) is 0. The number of fused-ring (bicyclic) bond motifs is 3. The van der Waals surface area contributed by atoms with E-state index in [0.29, 0.717) is 22.1 Å². The molecule has 0 saturated carbocycles. The molecule has 0 amide bonds. The molecule has 0 unspecified atom stereocenters. The summed E-state index contributed by atoms with van der Waals surface area (Å²) in [6.07, 6.45) is 0.0273. The SMILES string of the molecule is O=C1C[C@H](c2cccc(O)c2)c2c(c3ccccc3oc2=O)O1. The maximum Gasteiger partial charge on any atom is 0.343 e. The molecule has 2 aromatic carbocycles. The number of aromatic hydroxyl groups is 1. The molecule has 114 valence electrons. The lowest BCUT2D eigenvalue weighted by Gasteiger charge is -2.24. The van der Waals surface area contributed by atoms with Crippen LogP contribution in [0.5, 0.6) is 11.5 Å². The van der Waals surface area contributed by atoms with Gasteiger partial charge in [0, 0.05) is 5.92 Å². The first kappa shape index (κ1) is 13.6. The molecule has 0 radical (unpaired) electrons. The minimum absolute atomic E-state index is 0.0273. The van der Waals surface area contributed by atoms with Gasteiger partial charge in [0.05, 0.1) is 17.4 Å². The van der Waals surface area contributed by atoms with Crippen LogP contribution in [0.1, 0.15) is 23.5 Å². The van der Waals surface area contributed by atoms with Gasteiger partial charge in [-0.15, -0.1) is 0 Å². The van der Waals surface area contributed by atoms with E-state index in [4.69, 9.17) is 9.15 Å². The lowest BCUT2D eigenvalue weighted by Crippen LogP contribution is -2.26. The van der Waals surface area contributed by atoms with E-state index in [2.05, 4.69) is 0 Å². The fourth-order valence-electron chi connectivity index (χ4n) is 3.00. The Morgan fingerprint density at radius 3 is 2.70 bits per heavy atom. The Bertz CT molecular complexity index is 986. The predicted molar refractivity (Wildman–Crippen MR) is 82.7 cm³/mol. The van der Waals surface area contributed by atoms with Crippen molar-refractivity contribution in [1.82, 2.24) is 0 Å². The molecule has 0 bridgehead atoms. The largest absolute Gasteiger partial charge is 0.508 e. The zero-order valence-electron chi connectivity index (χ0n) is 12.0. The van der Waals surface area contributed by atoms with Crippen LogP contribution in [0.2, 0.25) is 0 Å². The molecular formula is C18H12O5. The van der Waals surface area contributed by atoms with Gasteiger partial charge in [-0.05, 0) is 29.8 Å². The normalized spacial score (nSPS) is 16.9. The van der Waals surface area contributed by atoms with Crippen molar-refractivity contribution in [1.29, 1.82) is 0 Å². The number of rotatable bonds is 1. The average Bonchev–Trinajstić information content (AvgIpc) is 2.54. The standard InChI is InChI=1S/C18H12O5/c19-11-5-3-4-10(8-11)13-9-15(20)23-17-12-6-1-2-7-14(12)22-18(21)16(13)17/h1-8,13,19H,9H2/t13-/m1/s1. The summed E-state index contributed by atoms with van der Waals surface area (Å²) in [5, 5.41) is 10.3. The molecule has 5 heteroatoms. The fraction of sp³-hybridized carbons (Fsp3) is 0.111. The van der Waals surface area contributed by atoms with Crippen LogP contribution in [0.4, 0.5) is 0 Å². The summed E-state index contributed by atoms with van der Waals surface area (Å²) in [6.45, 7) is 0. The fourth-order valence-corrected chi connectivity index (χ4v) is 3.00. The number of phenols is 1. The first-order valence-corrected chi connectivity index (χ1v) is 7.19. The molecule has 1 aliphatic heterocycles. The Morgan fingerprint density at radius 1 is 1.04 bits per heavy atom. The van der Waals surface area contributed by atoms with E-state index in [1.165, 1.54) is 6.07 Å². The highest BCUT2D eigenvalue weighted by molar-refractivity contribution is 5.90. The highest BCUT2D eigenvalue weighted by atomic mass is 16.5. The number of carbonyl (C=O) groups is 1. The molecule has 5 nitrogen and oxygen atoms in total. The van der Waals surface area contributed by atoms with E-state index in [9.17, 15) is 14.7 Å². The Morgan fingerprint density at radius 2 is 1.87 bits per heavy atom. The van der Waals surface area contributed by atoms with Crippen LogP contribution >= 0.6 is 0 Å². The molecule has 3 aromatic rings. The topological polar surface area (TPSA) is 76.7 Å². The average molecular weight is 308 g/mol. The van der Waals surface area contributed by atoms with Crippen molar-refractivity contribution in [2.45, 2.75) is 12.3 Å². The summed E-state index contributed by atoms with van der Waals surface area (Å²) in [6, 6.07) is 13.5. The number of hydrogen-bond acceptors (Lipinski definition) is 5. The highest BCUT2D eigenvalue weighted by Crippen LogP contribution is 2.40. The van der Waals surface area contributed by atoms with E-state index >= 15 is 0 Å². The van der Waals surface area contributed by atoms with Crippen LogP contribution in [0.15, 0.2) is 57.7 Å². The van der Waals surface area contributed by atoms with Gasteiger partial charge in [-0.1, -0.05) is 24.3 Å². The molecule has 2 heterocycles. The van der Waals surface area contributed by atoms with E-state index in [1.54, 1.807) is 42.5 Å². The third-order valence-electron chi connectivity index (χ3n) is 4.01. The van der Waals surface area contributed by atoms with Crippen LogP contribution < -0.4 is 10.4 Å². The number of esters is 1. The second-order valence-corrected chi connectivity index (χ2v) is 5.45. The van der Waals surface area contributed by atoms with Gasteiger partial charge in [-0.3, -0.25) is 4.79 Å². The quantitative estimate of drug-likeness (QED) is 0.552. The molecule has 4 rings (SSSR count). The minimum Gasteiger partial charge on any atom is -0.508 e. The second kappa shape index (κ2) is 4.98. The van der Waals surface area contributed by atoms with Crippen LogP contribution in [-0.2, 0) is 4.79 Å². The summed E-state index contributed by atoms with van der Waals surface area (Å²) < 4.78 is 10.7. The zero-order valence-corrected chi connectivity index (χ0v) is 12.0. The van der Waals surface area contributed by atoms with Gasteiger partial charge in [0.1, 0.15) is 11.3 Å². The molecule has 0 aliphatic carbocycles. The summed E-state index contributed by atoms with van der Waals surface area (Å²) in [5.41, 5.74) is 0.833. The molecule has 0 fully saturated rings. The molecule has 1 atom stereocenters. The summed E-state index contributed by atoms with van der Waals surface area (Å²) >= 11 is 0. The van der Waals surface area contributed by atoms with Gasteiger partial charge >= 0.3 is 11.6 Å². The number of carbonyl (C=O) groups excluding carboxylic acids is 1. The molecule has 0 spiro atoms. The monoisotopic (exact) mass is 308 g/mol. The van der Waals surface area contributed by atoms with Crippen LogP contribution in [0.3, 0.4) is 0 Å². The van der Waals surface area contributed by atoms with Crippen molar-refractivity contribution in [2.75, 3.05) is 0 Å². The first-order valence-electron chi connectivity index (χ1n) is 7.19. The number of hydrogen-bond donors (Lipinski definition) is 1. The van der Waals surface area contributed by atoms with Crippen molar-refractivity contribution >= 4 is 16.9 Å². The smallest absolute Gasteiger partial charge is 0.343 e. The van der Waals surface area contributed by atoms with Crippen molar-refractivity contribution < 1.29 is 19.1 Å². The summed E-state index contributed by atoms with van der Waals surface area (Å²) in [4.78, 5) is 24.5. The first-order chi connectivity index (χ1) is 11.1. The van der Waals surface area contributed by atoms with Crippen LogP contribution in [-0.4, -0.2) is 11.1 Å². The third kappa shape index (κ3) is 2.17. The van der Waals surface area contributed by atoms with Crippen molar-refractivity contribution in [3.63, 3.8) is 0 Å². The molecule has 1 aliphatic rings. The van der Waals surface area contributed by atoms with E-state index in [-0.39, 0.29) is 17.9 Å². The second-order valence-electron chi connectivity index (χ2n) is 5.45. The van der Waals surface area contributed by atoms with Gasteiger partial charge in [0.15, 0.2) is 5.75 Å². The van der Waals surface area contributed by atoms with E-state index < -0.39 is 17.5 Å². The van der Waals surface area contributed by atoms with Gasteiger partial charge in [0.2, 0.25) is 0 Å². The molecule has 1 aromatic heterocycles. The van der Waals surface area contributed by atoms with Crippen LogP contribution in [0, 0.1) is 0 Å². The Labute approximate surface area is 130 Å².